The van der Waals surface area contributed by atoms with Gasteiger partial charge in [-0.2, -0.15) is 4.31 Å². The minimum atomic E-state index is -3.71. The second-order valence-corrected chi connectivity index (χ2v) is 10.8. The van der Waals surface area contributed by atoms with Crippen LogP contribution in [0.3, 0.4) is 0 Å². The summed E-state index contributed by atoms with van der Waals surface area (Å²) >= 11 is 6.93. The molecule has 9 nitrogen and oxygen atoms in total. The molecular formula is C22H24Br2N2O7S. The summed E-state index contributed by atoms with van der Waals surface area (Å²) in [6.45, 7) is 2.67. The summed E-state index contributed by atoms with van der Waals surface area (Å²) in [5.41, 5.74) is 0.669. The molecule has 1 saturated heterocycles. The first kappa shape index (κ1) is 26.5. The molecule has 1 aliphatic heterocycles. The lowest BCUT2D eigenvalue weighted by Crippen LogP contribution is -2.28. The van der Waals surface area contributed by atoms with Crippen LogP contribution >= 0.6 is 31.9 Å². The predicted molar refractivity (Wildman–Crippen MR) is 133 cm³/mol. The number of oxime groups is 1. The van der Waals surface area contributed by atoms with Gasteiger partial charge in [0.25, 0.3) is 0 Å². The molecule has 0 aromatic heterocycles. The zero-order valence-electron chi connectivity index (χ0n) is 18.6. The molecule has 0 N–H and O–H groups in total. The first-order valence-electron chi connectivity index (χ1n) is 10.4. The number of halogens is 2. The van der Waals surface area contributed by atoms with Crippen molar-refractivity contribution in [3.63, 3.8) is 0 Å². The van der Waals surface area contributed by atoms with Crippen molar-refractivity contribution < 1.29 is 32.3 Å². The van der Waals surface area contributed by atoms with E-state index < -0.39 is 16.0 Å². The van der Waals surface area contributed by atoms with Gasteiger partial charge in [0.1, 0.15) is 16.4 Å². The Hall–Kier alpha value is -2.15. The first-order chi connectivity index (χ1) is 16.3. The second-order valence-electron chi connectivity index (χ2n) is 7.15. The average Bonchev–Trinajstić information content (AvgIpc) is 3.35. The second kappa shape index (κ2) is 12.0. The number of carbonyl (C=O) groups is 1. The number of esters is 1. The van der Waals surface area contributed by atoms with Crippen molar-refractivity contribution in [2.24, 2.45) is 5.16 Å². The Morgan fingerprint density at radius 2 is 1.82 bits per heavy atom. The Labute approximate surface area is 215 Å². The molecule has 0 atom stereocenters. The third kappa shape index (κ3) is 6.49. The number of carbonyl (C=O) groups excluding carboxylic acids is 1. The maximum absolute atomic E-state index is 13.1. The highest BCUT2D eigenvalue weighted by atomic mass is 79.9. The van der Waals surface area contributed by atoms with Crippen LogP contribution in [0.2, 0.25) is 0 Å². The Morgan fingerprint density at radius 1 is 1.15 bits per heavy atom. The van der Waals surface area contributed by atoms with E-state index in [0.717, 1.165) is 12.8 Å². The maximum atomic E-state index is 13.1. The van der Waals surface area contributed by atoms with E-state index in [9.17, 15) is 13.2 Å². The fourth-order valence-electron chi connectivity index (χ4n) is 3.25. The van der Waals surface area contributed by atoms with Crippen molar-refractivity contribution in [1.82, 2.24) is 4.31 Å². The molecule has 1 heterocycles. The summed E-state index contributed by atoms with van der Waals surface area (Å²) in [7, 11) is -2.27. The molecular weight excluding hydrogens is 596 g/mol. The summed E-state index contributed by atoms with van der Waals surface area (Å²) in [4.78, 5) is 16.3. The molecule has 12 heteroatoms. The lowest BCUT2D eigenvalue weighted by atomic mass is 10.2. The van der Waals surface area contributed by atoms with Crippen molar-refractivity contribution in [3.8, 4) is 17.2 Å². The van der Waals surface area contributed by atoms with Crippen LogP contribution in [-0.4, -0.2) is 58.3 Å². The zero-order valence-corrected chi connectivity index (χ0v) is 22.6. The van der Waals surface area contributed by atoms with Crippen LogP contribution in [0.4, 0.5) is 0 Å². The number of ether oxygens (including phenoxy) is 3. The van der Waals surface area contributed by atoms with E-state index in [1.807, 2.05) is 0 Å². The number of benzene rings is 2. The highest BCUT2D eigenvalue weighted by Crippen LogP contribution is 2.40. The molecule has 1 fully saturated rings. The third-order valence-corrected chi connectivity index (χ3v) is 7.92. The van der Waals surface area contributed by atoms with Crippen LogP contribution < -0.4 is 9.47 Å². The molecule has 3 rings (SSSR count). The monoisotopic (exact) mass is 618 g/mol. The zero-order chi connectivity index (χ0) is 24.7. The Balaban J connectivity index is 1.79. The Kier molecular flexibility index (Phi) is 9.34. The van der Waals surface area contributed by atoms with E-state index in [-0.39, 0.29) is 23.9 Å². The van der Waals surface area contributed by atoms with E-state index in [2.05, 4.69) is 37.0 Å². The van der Waals surface area contributed by atoms with Crippen molar-refractivity contribution in [2.75, 3.05) is 33.4 Å². The summed E-state index contributed by atoms with van der Waals surface area (Å²) in [6.07, 6.45) is 3.11. The lowest BCUT2D eigenvalue weighted by molar-refractivity contribution is -0.148. The number of nitrogens with zero attached hydrogens (tertiary/aromatic N) is 2. The van der Waals surface area contributed by atoms with Gasteiger partial charge in [-0.15, -0.1) is 0 Å². The van der Waals surface area contributed by atoms with Crippen molar-refractivity contribution in [2.45, 2.75) is 24.7 Å². The van der Waals surface area contributed by atoms with Crippen LogP contribution in [0.5, 0.6) is 17.2 Å². The molecule has 1 aliphatic rings. The molecule has 0 radical (unpaired) electrons. The van der Waals surface area contributed by atoms with Gasteiger partial charge in [0.05, 0.1) is 28.9 Å². The third-order valence-electron chi connectivity index (χ3n) is 4.82. The van der Waals surface area contributed by atoms with Gasteiger partial charge in [-0.1, -0.05) is 5.16 Å². The van der Waals surface area contributed by atoms with Crippen LogP contribution in [0.1, 0.15) is 25.3 Å². The minimum absolute atomic E-state index is 0.0594. The number of hydrogen-bond acceptors (Lipinski definition) is 8. The van der Waals surface area contributed by atoms with Crippen LogP contribution in [0.25, 0.3) is 0 Å². The summed E-state index contributed by atoms with van der Waals surface area (Å²) in [5, 5.41) is 3.76. The quantitative estimate of drug-likeness (QED) is 0.215. The van der Waals surface area contributed by atoms with Gasteiger partial charge in [0, 0.05) is 19.2 Å². The van der Waals surface area contributed by atoms with Crippen LogP contribution in [0, 0.1) is 0 Å². The van der Waals surface area contributed by atoms with Gasteiger partial charge in [-0.3, -0.25) is 0 Å². The maximum Gasteiger partial charge on any atom is 0.347 e. The molecule has 0 aliphatic carbocycles. The van der Waals surface area contributed by atoms with E-state index in [1.165, 1.54) is 23.7 Å². The smallest absolute Gasteiger partial charge is 0.347 e. The van der Waals surface area contributed by atoms with Gasteiger partial charge in [0.2, 0.25) is 16.6 Å². The fourth-order valence-corrected chi connectivity index (χ4v) is 6.32. The van der Waals surface area contributed by atoms with Gasteiger partial charge in [-0.25, -0.2) is 13.2 Å². The largest absolute Gasteiger partial charge is 0.495 e. The van der Waals surface area contributed by atoms with E-state index in [4.69, 9.17) is 19.0 Å². The molecule has 2 aromatic rings. The number of sulfonamides is 1. The number of rotatable bonds is 10. The summed E-state index contributed by atoms with van der Waals surface area (Å²) in [5.74, 6) is 0.529. The van der Waals surface area contributed by atoms with E-state index >= 15 is 0 Å². The predicted octanol–water partition coefficient (Wildman–Crippen LogP) is 4.71. The number of methoxy groups -OCH3 is 1. The molecule has 34 heavy (non-hydrogen) atoms. The van der Waals surface area contributed by atoms with Gasteiger partial charge >= 0.3 is 5.97 Å². The molecule has 184 valence electrons. The highest BCUT2D eigenvalue weighted by molar-refractivity contribution is 9.11. The number of hydrogen-bond donors (Lipinski definition) is 0. The fraction of sp³-hybridized carbons (Fsp3) is 0.364. The standard InChI is InChI=1S/C22H24Br2N2O7S/c1-3-31-21(27)14-32-25-13-15-10-17(23)22(18(24)11-15)33-16-6-7-19(30-2)20(12-16)34(28,29)26-8-4-5-9-26/h6-7,10-13H,3-5,8-9,14H2,1-2H3/b25-13+. The lowest BCUT2D eigenvalue weighted by Gasteiger charge is -2.19. The van der Waals surface area contributed by atoms with E-state index in [1.54, 1.807) is 31.2 Å². The average molecular weight is 620 g/mol. The van der Waals surface area contributed by atoms with Crippen molar-refractivity contribution in [1.29, 1.82) is 0 Å². The van der Waals surface area contributed by atoms with Crippen molar-refractivity contribution in [3.05, 3.63) is 44.8 Å². The SMILES string of the molecule is CCOC(=O)CO/N=C/c1cc(Br)c(Oc2ccc(OC)c(S(=O)(=O)N3CCCC3)c2)c(Br)c1. The molecule has 0 bridgehead atoms. The van der Waals surface area contributed by atoms with Crippen LogP contribution in [-0.2, 0) is 24.4 Å². The molecule has 0 amide bonds. The molecule has 0 unspecified atom stereocenters. The highest BCUT2D eigenvalue weighted by Gasteiger charge is 2.30. The van der Waals surface area contributed by atoms with Gasteiger partial charge in [0.15, 0.2) is 5.75 Å². The molecule has 2 aromatic carbocycles. The topological polar surface area (TPSA) is 104 Å². The van der Waals surface area contributed by atoms with E-state index in [0.29, 0.717) is 39.1 Å². The summed E-state index contributed by atoms with van der Waals surface area (Å²) < 4.78 is 44.9. The normalized spacial score (nSPS) is 14.4. The van der Waals surface area contributed by atoms with Gasteiger partial charge in [-0.05, 0) is 81.5 Å². The Morgan fingerprint density at radius 3 is 2.44 bits per heavy atom. The summed E-state index contributed by atoms with van der Waals surface area (Å²) in [6, 6.07) is 8.15. The van der Waals surface area contributed by atoms with Gasteiger partial charge < -0.3 is 19.0 Å². The first-order valence-corrected chi connectivity index (χ1v) is 13.4. The Bertz CT molecular complexity index is 1140. The van der Waals surface area contributed by atoms with Crippen LogP contribution in [0.15, 0.2) is 49.3 Å². The molecule has 0 saturated carbocycles. The molecule has 0 spiro atoms. The van der Waals surface area contributed by atoms with Crippen molar-refractivity contribution >= 4 is 54.1 Å². The minimum Gasteiger partial charge on any atom is -0.495 e.